The Kier molecular flexibility index (Phi) is 8.55. The molecule has 0 saturated carbocycles. The number of nitrogens with zero attached hydrogens (tertiary/aromatic N) is 1. The van der Waals surface area contributed by atoms with Crippen molar-refractivity contribution in [3.8, 4) is 5.75 Å². The Hall–Kier alpha value is -2.90. The van der Waals surface area contributed by atoms with Crippen LogP contribution in [0.25, 0.3) is 11.0 Å². The minimum absolute atomic E-state index is 0.0453. The van der Waals surface area contributed by atoms with Gasteiger partial charge in [-0.3, -0.25) is 4.84 Å². The summed E-state index contributed by atoms with van der Waals surface area (Å²) in [4.78, 5) is 23.9. The lowest BCUT2D eigenvalue weighted by Gasteiger charge is -2.40. The summed E-state index contributed by atoms with van der Waals surface area (Å²) in [6.45, 7) is 1.02. The molecule has 200 valence electrons. The fraction of sp³-hybridized carbons (Fsp3) is 0.423. The molecule has 1 saturated heterocycles. The third kappa shape index (κ3) is 5.53. The number of benzene rings is 2. The quantitative estimate of drug-likeness (QED) is 0.245. The normalized spacial score (nSPS) is 25.9. The molecule has 2 aromatic carbocycles. The van der Waals surface area contributed by atoms with Crippen molar-refractivity contribution in [3.63, 3.8) is 0 Å². The lowest BCUT2D eigenvalue weighted by atomic mass is 9.86. The maximum absolute atomic E-state index is 14.7. The van der Waals surface area contributed by atoms with Gasteiger partial charge in [-0.2, -0.15) is 0 Å². The van der Waals surface area contributed by atoms with Gasteiger partial charge >= 0.3 is 5.63 Å². The number of rotatable bonds is 9. The minimum Gasteiger partial charge on any atom is -0.507 e. The van der Waals surface area contributed by atoms with Crippen LogP contribution in [0.1, 0.15) is 30.4 Å². The molecule has 10 nitrogen and oxygen atoms in total. The van der Waals surface area contributed by atoms with Gasteiger partial charge in [-0.1, -0.05) is 47.7 Å². The van der Waals surface area contributed by atoms with Crippen molar-refractivity contribution in [2.24, 2.45) is 0 Å². The maximum Gasteiger partial charge on any atom is 0.343 e. The Morgan fingerprint density at radius 1 is 1.08 bits per heavy atom. The van der Waals surface area contributed by atoms with Crippen LogP contribution in [0.3, 0.4) is 0 Å². The van der Waals surface area contributed by atoms with Gasteiger partial charge in [0.1, 0.15) is 29.6 Å². The van der Waals surface area contributed by atoms with Crippen LogP contribution in [0.5, 0.6) is 5.75 Å². The number of aliphatic hydroxyl groups is 3. The molecular formula is C26H30FNO9. The highest BCUT2D eigenvalue weighted by Gasteiger charge is 2.47. The highest BCUT2D eigenvalue weighted by Crippen LogP contribution is 2.37. The Morgan fingerprint density at radius 3 is 2.43 bits per heavy atom. The number of hydrogen-bond acceptors (Lipinski definition) is 10. The molecular weight excluding hydrogens is 489 g/mol. The standard InChI is InChI=1S/C26H30FNO9/c1-14(28(34-2)37-26-21(27)24(32)23(31)19(13-29)36-26)12-17(15-8-4-3-5-9-15)20-22(30)16-10-6-7-11-18(16)35-25(20)33/h3-11,14,17,19,21,23-24,26,29-32H,12-13H2,1-2H3/t14?,17?,19-,21?,23-,24-,26?/m1/s1. The molecule has 7 atom stereocenters. The van der Waals surface area contributed by atoms with Gasteiger partial charge in [0.15, 0.2) is 6.17 Å². The first-order chi connectivity index (χ1) is 17.8. The lowest BCUT2D eigenvalue weighted by molar-refractivity contribution is -0.449. The summed E-state index contributed by atoms with van der Waals surface area (Å²) in [6, 6.07) is 15.0. The van der Waals surface area contributed by atoms with Crippen LogP contribution in [-0.2, 0) is 14.4 Å². The van der Waals surface area contributed by atoms with Gasteiger partial charge < -0.3 is 29.6 Å². The van der Waals surface area contributed by atoms with Crippen LogP contribution in [0.15, 0.2) is 63.8 Å². The Bertz CT molecular complexity index is 1240. The van der Waals surface area contributed by atoms with E-state index in [1.54, 1.807) is 55.5 Å². The maximum atomic E-state index is 14.7. The van der Waals surface area contributed by atoms with E-state index in [1.165, 1.54) is 7.11 Å². The molecule has 4 rings (SSSR count). The molecule has 0 radical (unpaired) electrons. The van der Waals surface area contributed by atoms with E-state index in [4.69, 9.17) is 18.8 Å². The number of hydroxylamine groups is 2. The van der Waals surface area contributed by atoms with Gasteiger partial charge in [0, 0.05) is 5.92 Å². The fourth-order valence-corrected chi connectivity index (χ4v) is 4.55. The topological polar surface area (TPSA) is 142 Å². The number of para-hydroxylation sites is 1. The molecule has 1 aliphatic rings. The molecule has 1 aromatic heterocycles. The van der Waals surface area contributed by atoms with Crippen LogP contribution in [0.2, 0.25) is 0 Å². The van der Waals surface area contributed by atoms with Crippen LogP contribution in [-0.4, -0.2) is 76.2 Å². The number of ether oxygens (including phenoxy) is 1. The summed E-state index contributed by atoms with van der Waals surface area (Å²) < 4.78 is 25.5. The second-order valence-electron chi connectivity index (χ2n) is 8.92. The van der Waals surface area contributed by atoms with Gasteiger partial charge in [0.2, 0.25) is 6.29 Å². The van der Waals surface area contributed by atoms with Crippen molar-refractivity contribution < 1.29 is 43.6 Å². The molecule has 2 heterocycles. The number of alkyl halides is 1. The van der Waals surface area contributed by atoms with Crippen molar-refractivity contribution in [3.05, 3.63) is 76.1 Å². The predicted molar refractivity (Wildman–Crippen MR) is 129 cm³/mol. The summed E-state index contributed by atoms with van der Waals surface area (Å²) in [5.74, 6) is -0.885. The first-order valence-corrected chi connectivity index (χ1v) is 11.8. The average molecular weight is 520 g/mol. The van der Waals surface area contributed by atoms with E-state index in [1.807, 2.05) is 6.07 Å². The van der Waals surface area contributed by atoms with E-state index in [-0.39, 0.29) is 23.3 Å². The van der Waals surface area contributed by atoms with Gasteiger partial charge in [-0.15, -0.1) is 0 Å². The molecule has 3 aromatic rings. The highest BCUT2D eigenvalue weighted by molar-refractivity contribution is 5.84. The molecule has 1 fully saturated rings. The second-order valence-corrected chi connectivity index (χ2v) is 8.92. The predicted octanol–water partition coefficient (Wildman–Crippen LogP) is 1.98. The molecule has 0 spiro atoms. The molecule has 1 aliphatic heterocycles. The zero-order chi connectivity index (χ0) is 26.7. The first kappa shape index (κ1) is 27.1. The van der Waals surface area contributed by atoms with Crippen molar-refractivity contribution in [2.75, 3.05) is 13.7 Å². The van der Waals surface area contributed by atoms with Crippen molar-refractivity contribution in [1.29, 1.82) is 0 Å². The zero-order valence-corrected chi connectivity index (χ0v) is 20.3. The largest absolute Gasteiger partial charge is 0.507 e. The smallest absolute Gasteiger partial charge is 0.343 e. The summed E-state index contributed by atoms with van der Waals surface area (Å²) in [6.07, 6.45) is -8.42. The van der Waals surface area contributed by atoms with E-state index in [0.717, 1.165) is 5.23 Å². The molecule has 4 N–H and O–H groups in total. The number of hydrogen-bond donors (Lipinski definition) is 4. The molecule has 37 heavy (non-hydrogen) atoms. The third-order valence-electron chi connectivity index (χ3n) is 6.50. The summed E-state index contributed by atoms with van der Waals surface area (Å²) in [5.41, 5.74) is 0.297. The van der Waals surface area contributed by atoms with Crippen molar-refractivity contribution in [1.82, 2.24) is 5.23 Å². The van der Waals surface area contributed by atoms with E-state index in [0.29, 0.717) is 10.9 Å². The third-order valence-corrected chi connectivity index (χ3v) is 6.50. The molecule has 0 bridgehead atoms. The number of halogens is 1. The molecule has 4 unspecified atom stereocenters. The van der Waals surface area contributed by atoms with Gasteiger partial charge in [-0.05, 0) is 31.0 Å². The number of aliphatic hydroxyl groups excluding tert-OH is 3. The zero-order valence-electron chi connectivity index (χ0n) is 20.3. The summed E-state index contributed by atoms with van der Waals surface area (Å²) in [7, 11) is 1.28. The molecule has 0 aliphatic carbocycles. The minimum atomic E-state index is -2.14. The molecule has 11 heteroatoms. The van der Waals surface area contributed by atoms with Gasteiger partial charge in [-0.25, -0.2) is 14.0 Å². The average Bonchev–Trinajstić information content (AvgIpc) is 2.91. The SMILES string of the molecule is CON(OC1O[C@H](CO)[C@@H](O)[C@H](O)C1F)C(C)CC(c1ccccc1)c1c(O)c2ccccc2oc1=O. The van der Waals surface area contributed by atoms with Crippen molar-refractivity contribution >= 4 is 11.0 Å². The van der Waals surface area contributed by atoms with E-state index in [9.17, 15) is 29.6 Å². The first-order valence-electron chi connectivity index (χ1n) is 11.8. The number of aromatic hydroxyl groups is 1. The van der Waals surface area contributed by atoms with Crippen molar-refractivity contribution in [2.45, 2.75) is 56.1 Å². The molecule has 0 amide bonds. The Labute approximate surface area is 211 Å². The van der Waals surface area contributed by atoms with Crippen LogP contribution in [0.4, 0.5) is 4.39 Å². The van der Waals surface area contributed by atoms with Gasteiger partial charge in [0.25, 0.3) is 0 Å². The van der Waals surface area contributed by atoms with Crippen LogP contribution >= 0.6 is 0 Å². The fourth-order valence-electron chi connectivity index (χ4n) is 4.55. The van der Waals surface area contributed by atoms with E-state index in [2.05, 4.69) is 0 Å². The number of fused-ring (bicyclic) bond motifs is 1. The van der Waals surface area contributed by atoms with Crippen LogP contribution < -0.4 is 5.63 Å². The van der Waals surface area contributed by atoms with E-state index >= 15 is 0 Å². The Balaban J connectivity index is 1.64. The highest BCUT2D eigenvalue weighted by atomic mass is 19.1. The lowest BCUT2D eigenvalue weighted by Crippen LogP contribution is -2.59. The summed E-state index contributed by atoms with van der Waals surface area (Å²) in [5, 5.41) is 41.7. The Morgan fingerprint density at radius 2 is 1.76 bits per heavy atom. The van der Waals surface area contributed by atoms with Gasteiger partial charge in [0.05, 0.1) is 30.7 Å². The van der Waals surface area contributed by atoms with Crippen LogP contribution in [0, 0.1) is 0 Å². The monoisotopic (exact) mass is 519 g/mol. The summed E-state index contributed by atoms with van der Waals surface area (Å²) >= 11 is 0. The van der Waals surface area contributed by atoms with E-state index < -0.39 is 55.0 Å². The second kappa shape index (κ2) is 11.7.